The van der Waals surface area contributed by atoms with Crippen LogP contribution in [0.3, 0.4) is 0 Å². The highest BCUT2D eigenvalue weighted by molar-refractivity contribution is 7.89. The van der Waals surface area contributed by atoms with Crippen molar-refractivity contribution >= 4 is 21.6 Å². The standard InChI is InChI=1S/C16H25ClN2O2S/c1-4-7-19-8-5-14(6-9-19)18-22(20,21)16-11-12(2)15(17)10-13(16)3/h10-11,14,18H,4-9H2,1-3H3. The first-order valence-corrected chi connectivity index (χ1v) is 9.71. The molecule has 4 nitrogen and oxygen atoms in total. The van der Waals surface area contributed by atoms with Gasteiger partial charge in [-0.15, -0.1) is 0 Å². The monoisotopic (exact) mass is 344 g/mol. The van der Waals surface area contributed by atoms with Crippen molar-refractivity contribution in [3.63, 3.8) is 0 Å². The van der Waals surface area contributed by atoms with Crippen LogP contribution in [0, 0.1) is 13.8 Å². The summed E-state index contributed by atoms with van der Waals surface area (Å²) in [6.45, 7) is 8.78. The molecule has 1 fully saturated rings. The Balaban J connectivity index is 2.08. The summed E-state index contributed by atoms with van der Waals surface area (Å²) in [4.78, 5) is 2.73. The van der Waals surface area contributed by atoms with Crippen molar-refractivity contribution in [2.45, 2.75) is 51.0 Å². The molecule has 124 valence electrons. The van der Waals surface area contributed by atoms with Gasteiger partial charge in [-0.25, -0.2) is 13.1 Å². The van der Waals surface area contributed by atoms with E-state index < -0.39 is 10.0 Å². The lowest BCUT2D eigenvalue weighted by Gasteiger charge is -2.32. The summed E-state index contributed by atoms with van der Waals surface area (Å²) >= 11 is 6.05. The van der Waals surface area contributed by atoms with E-state index in [1.807, 2.05) is 6.92 Å². The third-order valence-electron chi connectivity index (χ3n) is 4.19. The first-order valence-electron chi connectivity index (χ1n) is 7.85. The minimum absolute atomic E-state index is 0.0218. The van der Waals surface area contributed by atoms with Crippen LogP contribution in [-0.4, -0.2) is 39.0 Å². The van der Waals surface area contributed by atoms with Crippen LogP contribution in [0.1, 0.15) is 37.3 Å². The first kappa shape index (κ1) is 17.7. The number of benzene rings is 1. The summed E-state index contributed by atoms with van der Waals surface area (Å²) < 4.78 is 28.1. The zero-order chi connectivity index (χ0) is 16.3. The van der Waals surface area contributed by atoms with Gasteiger partial charge >= 0.3 is 0 Å². The van der Waals surface area contributed by atoms with E-state index in [1.54, 1.807) is 19.1 Å². The number of piperidine rings is 1. The average molecular weight is 345 g/mol. The number of likely N-dealkylation sites (tertiary alicyclic amines) is 1. The second kappa shape index (κ2) is 7.30. The van der Waals surface area contributed by atoms with E-state index in [0.29, 0.717) is 15.5 Å². The summed E-state index contributed by atoms with van der Waals surface area (Å²) in [6.07, 6.45) is 2.87. The van der Waals surface area contributed by atoms with Crippen molar-refractivity contribution in [3.05, 3.63) is 28.3 Å². The van der Waals surface area contributed by atoms with Crippen molar-refractivity contribution in [1.29, 1.82) is 0 Å². The highest BCUT2D eigenvalue weighted by Gasteiger charge is 2.25. The number of aryl methyl sites for hydroxylation is 2. The Hall–Kier alpha value is -0.620. The molecule has 1 aromatic rings. The second-order valence-corrected chi connectivity index (χ2v) is 8.19. The van der Waals surface area contributed by atoms with E-state index in [0.717, 1.165) is 44.5 Å². The van der Waals surface area contributed by atoms with Gasteiger partial charge in [0.15, 0.2) is 0 Å². The number of hydrogen-bond acceptors (Lipinski definition) is 3. The van der Waals surface area contributed by atoms with Gasteiger partial charge in [0.25, 0.3) is 0 Å². The Kier molecular flexibility index (Phi) is 5.88. The molecule has 6 heteroatoms. The SMILES string of the molecule is CCCN1CCC(NS(=O)(=O)c2cc(C)c(Cl)cc2C)CC1. The molecule has 2 rings (SSSR count). The number of rotatable bonds is 5. The van der Waals surface area contributed by atoms with Crippen LogP contribution >= 0.6 is 11.6 Å². The third kappa shape index (κ3) is 4.22. The maximum absolute atomic E-state index is 12.6. The van der Waals surface area contributed by atoms with E-state index in [1.165, 1.54) is 0 Å². The maximum Gasteiger partial charge on any atom is 0.241 e. The predicted octanol–water partition coefficient (Wildman–Crippen LogP) is 3.11. The normalized spacial score (nSPS) is 17.8. The zero-order valence-electron chi connectivity index (χ0n) is 13.5. The first-order chi connectivity index (χ1) is 10.3. The highest BCUT2D eigenvalue weighted by Crippen LogP contribution is 2.24. The van der Waals surface area contributed by atoms with Crippen LogP contribution in [0.4, 0.5) is 0 Å². The molecule has 1 N–H and O–H groups in total. The Bertz CT molecular complexity index is 623. The molecule has 0 bridgehead atoms. The van der Waals surface area contributed by atoms with Gasteiger partial charge in [0.2, 0.25) is 10.0 Å². The molecular formula is C16H25ClN2O2S. The van der Waals surface area contributed by atoms with Crippen LogP contribution in [-0.2, 0) is 10.0 Å². The molecular weight excluding hydrogens is 320 g/mol. The molecule has 1 aromatic carbocycles. The molecule has 0 aliphatic carbocycles. The summed E-state index contributed by atoms with van der Waals surface area (Å²) in [6, 6.07) is 3.40. The third-order valence-corrected chi connectivity index (χ3v) is 6.26. The van der Waals surface area contributed by atoms with Crippen LogP contribution in [0.5, 0.6) is 0 Å². The smallest absolute Gasteiger partial charge is 0.241 e. The lowest BCUT2D eigenvalue weighted by atomic mass is 10.1. The van der Waals surface area contributed by atoms with E-state index in [2.05, 4.69) is 16.5 Å². The van der Waals surface area contributed by atoms with E-state index in [9.17, 15) is 8.42 Å². The number of halogens is 1. The Morgan fingerprint density at radius 3 is 2.45 bits per heavy atom. The van der Waals surface area contributed by atoms with Crippen LogP contribution < -0.4 is 4.72 Å². The van der Waals surface area contributed by atoms with Gasteiger partial charge in [-0.3, -0.25) is 0 Å². The number of nitrogens with zero attached hydrogens (tertiary/aromatic N) is 1. The zero-order valence-corrected chi connectivity index (χ0v) is 15.1. The summed E-state index contributed by atoms with van der Waals surface area (Å²) in [5.41, 5.74) is 1.47. The van der Waals surface area contributed by atoms with Gasteiger partial charge < -0.3 is 4.90 Å². The lowest BCUT2D eigenvalue weighted by Crippen LogP contribution is -2.44. The van der Waals surface area contributed by atoms with Crippen LogP contribution in [0.2, 0.25) is 5.02 Å². The fourth-order valence-corrected chi connectivity index (χ4v) is 4.75. The van der Waals surface area contributed by atoms with Crippen LogP contribution in [0.15, 0.2) is 17.0 Å². The fraction of sp³-hybridized carbons (Fsp3) is 0.625. The van der Waals surface area contributed by atoms with Gasteiger partial charge in [0, 0.05) is 11.1 Å². The summed E-state index contributed by atoms with van der Waals surface area (Å²) in [5, 5.41) is 0.601. The second-order valence-electron chi connectivity index (χ2n) is 6.10. The van der Waals surface area contributed by atoms with Gasteiger partial charge in [0.05, 0.1) is 4.90 Å². The molecule has 0 spiro atoms. The minimum Gasteiger partial charge on any atom is -0.303 e. The lowest BCUT2D eigenvalue weighted by molar-refractivity contribution is 0.208. The summed E-state index contributed by atoms with van der Waals surface area (Å²) in [7, 11) is -3.49. The van der Waals surface area contributed by atoms with Crippen molar-refractivity contribution < 1.29 is 8.42 Å². The van der Waals surface area contributed by atoms with Crippen molar-refractivity contribution in [2.75, 3.05) is 19.6 Å². The molecule has 22 heavy (non-hydrogen) atoms. The molecule has 0 aromatic heterocycles. The molecule has 0 radical (unpaired) electrons. The van der Waals surface area contributed by atoms with Gasteiger partial charge in [-0.05, 0) is 76.0 Å². The maximum atomic E-state index is 12.6. The van der Waals surface area contributed by atoms with Gasteiger partial charge in [-0.1, -0.05) is 18.5 Å². The minimum atomic E-state index is -3.49. The van der Waals surface area contributed by atoms with Gasteiger partial charge in [0.1, 0.15) is 0 Å². The summed E-state index contributed by atoms with van der Waals surface area (Å²) in [5.74, 6) is 0. The van der Waals surface area contributed by atoms with Crippen molar-refractivity contribution in [1.82, 2.24) is 9.62 Å². The highest BCUT2D eigenvalue weighted by atomic mass is 35.5. The average Bonchev–Trinajstić information content (AvgIpc) is 2.45. The Labute approximate surface area is 138 Å². The molecule has 0 unspecified atom stereocenters. The molecule has 0 amide bonds. The Morgan fingerprint density at radius 2 is 1.86 bits per heavy atom. The Morgan fingerprint density at radius 1 is 1.23 bits per heavy atom. The largest absolute Gasteiger partial charge is 0.303 e. The molecule has 1 aliphatic heterocycles. The fourth-order valence-electron chi connectivity index (χ4n) is 2.92. The van der Waals surface area contributed by atoms with Crippen molar-refractivity contribution in [2.24, 2.45) is 0 Å². The number of sulfonamides is 1. The molecule has 1 aliphatic rings. The quantitative estimate of drug-likeness (QED) is 0.892. The van der Waals surface area contributed by atoms with Crippen molar-refractivity contribution in [3.8, 4) is 0 Å². The number of hydrogen-bond donors (Lipinski definition) is 1. The molecule has 0 saturated carbocycles. The topological polar surface area (TPSA) is 49.4 Å². The van der Waals surface area contributed by atoms with Gasteiger partial charge in [-0.2, -0.15) is 0 Å². The van der Waals surface area contributed by atoms with E-state index in [-0.39, 0.29) is 6.04 Å². The molecule has 1 saturated heterocycles. The molecule has 1 heterocycles. The molecule has 0 atom stereocenters. The van der Waals surface area contributed by atoms with E-state index >= 15 is 0 Å². The number of nitrogens with one attached hydrogen (secondary N) is 1. The predicted molar refractivity (Wildman–Crippen MR) is 91.0 cm³/mol. The van der Waals surface area contributed by atoms with Crippen LogP contribution in [0.25, 0.3) is 0 Å². The van der Waals surface area contributed by atoms with E-state index in [4.69, 9.17) is 11.6 Å².